The summed E-state index contributed by atoms with van der Waals surface area (Å²) in [5, 5.41) is 25.7. The Morgan fingerprint density at radius 1 is 1.55 bits per heavy atom. The van der Waals surface area contributed by atoms with E-state index >= 15 is 0 Å². The number of rotatable bonds is 5. The molecule has 3 N–H and O–H groups in total. The van der Waals surface area contributed by atoms with Gasteiger partial charge in [0.05, 0.1) is 13.2 Å². The fourth-order valence-electron chi connectivity index (χ4n) is 0.372. The molecule has 0 bridgehead atoms. The molecule has 5 nitrogen and oxygen atoms in total. The van der Waals surface area contributed by atoms with Crippen molar-refractivity contribution in [3.8, 4) is 0 Å². The summed E-state index contributed by atoms with van der Waals surface area (Å²) in [5.41, 5.74) is 0. The second-order valence-electron chi connectivity index (χ2n) is 2.13. The van der Waals surface area contributed by atoms with Gasteiger partial charge < -0.3 is 20.1 Å². The highest BCUT2D eigenvalue weighted by molar-refractivity contribution is 5.78. The van der Waals surface area contributed by atoms with Crippen LogP contribution in [0.25, 0.3) is 0 Å². The highest BCUT2D eigenvalue weighted by atomic mass is 16.6. The van der Waals surface area contributed by atoms with Crippen molar-refractivity contribution in [2.45, 2.75) is 19.3 Å². The maximum atomic E-state index is 10.3. The first-order valence-electron chi connectivity index (χ1n) is 3.17. The summed E-state index contributed by atoms with van der Waals surface area (Å²) in [5.74, 6) is -0.532. The Kier molecular flexibility index (Phi) is 4.97. The van der Waals surface area contributed by atoms with E-state index in [4.69, 9.17) is 15.3 Å². The summed E-state index contributed by atoms with van der Waals surface area (Å²) in [6.07, 6.45) is -2.56. The smallest absolute Gasteiger partial charge is 0.215 e. The van der Waals surface area contributed by atoms with Gasteiger partial charge in [-0.25, -0.2) is 0 Å². The average molecular weight is 164 g/mol. The number of hydrogen-bond donors (Lipinski definition) is 3. The molecular weight excluding hydrogens is 152 g/mol. The molecule has 0 aromatic rings. The van der Waals surface area contributed by atoms with Gasteiger partial charge in [0.1, 0.15) is 6.10 Å². The lowest BCUT2D eigenvalue weighted by Crippen LogP contribution is -2.28. The molecule has 0 saturated carbocycles. The number of carbonyl (C=O) groups is 1. The van der Waals surface area contributed by atoms with Crippen LogP contribution in [0.3, 0.4) is 0 Å². The van der Waals surface area contributed by atoms with Crippen molar-refractivity contribution in [2.75, 3.05) is 13.2 Å². The molecule has 0 saturated heterocycles. The van der Waals surface area contributed by atoms with E-state index in [1.807, 2.05) is 0 Å². The molecule has 11 heavy (non-hydrogen) atoms. The second kappa shape index (κ2) is 5.20. The van der Waals surface area contributed by atoms with Gasteiger partial charge in [-0.05, 0) is 6.92 Å². The summed E-state index contributed by atoms with van der Waals surface area (Å²) >= 11 is 0. The molecule has 0 aliphatic heterocycles. The molecule has 0 aromatic carbocycles. The van der Waals surface area contributed by atoms with Crippen LogP contribution >= 0.6 is 0 Å². The van der Waals surface area contributed by atoms with E-state index in [2.05, 4.69) is 4.74 Å². The number of aliphatic hydroxyl groups is 3. The van der Waals surface area contributed by atoms with Crippen molar-refractivity contribution in [3.63, 3.8) is 0 Å². The minimum Gasteiger partial charge on any atom is -0.394 e. The van der Waals surface area contributed by atoms with E-state index in [-0.39, 0.29) is 6.61 Å². The first-order valence-corrected chi connectivity index (χ1v) is 3.17. The monoisotopic (exact) mass is 164 g/mol. The molecule has 0 amide bonds. The summed E-state index contributed by atoms with van der Waals surface area (Å²) < 4.78 is 4.45. The number of ether oxygens (including phenoxy) is 1. The van der Waals surface area contributed by atoms with Crippen LogP contribution in [0.15, 0.2) is 0 Å². The van der Waals surface area contributed by atoms with Gasteiger partial charge >= 0.3 is 0 Å². The quantitative estimate of drug-likeness (QED) is 0.420. The highest BCUT2D eigenvalue weighted by Crippen LogP contribution is 1.91. The number of ketones is 1. The Labute approximate surface area is 64.2 Å². The SMILES string of the molecule is CC(=O)C(O)OC[C@@H](O)CO. The van der Waals surface area contributed by atoms with Gasteiger partial charge in [0.15, 0.2) is 5.78 Å². The predicted octanol–water partition coefficient (Wildman–Crippen LogP) is -1.74. The topological polar surface area (TPSA) is 87.0 Å². The van der Waals surface area contributed by atoms with Crippen LogP contribution in [0, 0.1) is 0 Å². The Bertz CT molecular complexity index is 124. The third-order valence-electron chi connectivity index (χ3n) is 1.00. The van der Waals surface area contributed by atoms with E-state index in [0.717, 1.165) is 6.92 Å². The van der Waals surface area contributed by atoms with E-state index in [1.54, 1.807) is 0 Å². The van der Waals surface area contributed by atoms with Crippen LogP contribution in [-0.4, -0.2) is 46.7 Å². The third kappa shape index (κ3) is 4.86. The largest absolute Gasteiger partial charge is 0.394 e. The molecule has 0 aliphatic carbocycles. The minimum absolute atomic E-state index is 0.253. The highest BCUT2D eigenvalue weighted by Gasteiger charge is 2.11. The molecule has 0 spiro atoms. The van der Waals surface area contributed by atoms with Crippen molar-refractivity contribution in [1.29, 1.82) is 0 Å². The van der Waals surface area contributed by atoms with Crippen LogP contribution in [0.2, 0.25) is 0 Å². The van der Waals surface area contributed by atoms with E-state index in [9.17, 15) is 4.79 Å². The van der Waals surface area contributed by atoms with Crippen molar-refractivity contribution >= 4 is 5.78 Å². The summed E-state index contributed by atoms with van der Waals surface area (Å²) in [6.45, 7) is 0.456. The number of aliphatic hydroxyl groups excluding tert-OH is 3. The molecule has 0 rings (SSSR count). The lowest BCUT2D eigenvalue weighted by molar-refractivity contribution is -0.160. The zero-order valence-corrected chi connectivity index (χ0v) is 6.23. The molecule has 66 valence electrons. The molecule has 0 aliphatic rings. The van der Waals surface area contributed by atoms with Crippen LogP contribution in [0.4, 0.5) is 0 Å². The lowest BCUT2D eigenvalue weighted by atomic mass is 10.4. The van der Waals surface area contributed by atoms with Crippen LogP contribution in [0.5, 0.6) is 0 Å². The molecule has 5 heteroatoms. The fraction of sp³-hybridized carbons (Fsp3) is 0.833. The van der Waals surface area contributed by atoms with Gasteiger partial charge in [0.2, 0.25) is 6.29 Å². The maximum Gasteiger partial charge on any atom is 0.215 e. The van der Waals surface area contributed by atoms with Gasteiger partial charge in [-0.3, -0.25) is 4.79 Å². The molecule has 0 heterocycles. The Morgan fingerprint density at radius 3 is 2.45 bits per heavy atom. The van der Waals surface area contributed by atoms with Gasteiger partial charge in [0.25, 0.3) is 0 Å². The first kappa shape index (κ1) is 10.5. The Morgan fingerprint density at radius 2 is 2.09 bits per heavy atom. The Hall–Kier alpha value is -0.490. The van der Waals surface area contributed by atoms with E-state index < -0.39 is 24.8 Å². The summed E-state index contributed by atoms with van der Waals surface area (Å²) in [6, 6.07) is 0. The molecule has 1 unspecified atom stereocenters. The lowest BCUT2D eigenvalue weighted by Gasteiger charge is -2.10. The van der Waals surface area contributed by atoms with E-state index in [0.29, 0.717) is 0 Å². The zero-order valence-electron chi connectivity index (χ0n) is 6.23. The molecule has 0 aromatic heterocycles. The average Bonchev–Trinajstić information content (AvgIpc) is 1.99. The zero-order chi connectivity index (χ0) is 8.85. The number of Topliss-reactive ketones (excluding diaryl/α,β-unsaturated/α-hetero) is 1. The van der Waals surface area contributed by atoms with Crippen LogP contribution in [0.1, 0.15) is 6.92 Å². The first-order chi connectivity index (χ1) is 5.07. The van der Waals surface area contributed by atoms with Crippen molar-refractivity contribution < 1.29 is 24.9 Å². The predicted molar refractivity (Wildman–Crippen MR) is 35.7 cm³/mol. The van der Waals surface area contributed by atoms with Crippen LogP contribution in [-0.2, 0) is 9.53 Å². The van der Waals surface area contributed by atoms with Crippen molar-refractivity contribution in [3.05, 3.63) is 0 Å². The molecule has 0 fully saturated rings. The summed E-state index contributed by atoms with van der Waals surface area (Å²) in [7, 11) is 0. The third-order valence-corrected chi connectivity index (χ3v) is 1.00. The molecule has 2 atom stereocenters. The fourth-order valence-corrected chi connectivity index (χ4v) is 0.372. The Balaban J connectivity index is 3.45. The van der Waals surface area contributed by atoms with Gasteiger partial charge in [-0.15, -0.1) is 0 Å². The van der Waals surface area contributed by atoms with Gasteiger partial charge in [0, 0.05) is 0 Å². The number of carbonyl (C=O) groups excluding carboxylic acids is 1. The number of hydrogen-bond acceptors (Lipinski definition) is 5. The van der Waals surface area contributed by atoms with Gasteiger partial charge in [-0.1, -0.05) is 0 Å². The van der Waals surface area contributed by atoms with Crippen LogP contribution < -0.4 is 0 Å². The van der Waals surface area contributed by atoms with Gasteiger partial charge in [-0.2, -0.15) is 0 Å². The maximum absolute atomic E-state index is 10.3. The molecular formula is C6H12O5. The second-order valence-corrected chi connectivity index (χ2v) is 2.13. The van der Waals surface area contributed by atoms with Crippen molar-refractivity contribution in [1.82, 2.24) is 0 Å². The van der Waals surface area contributed by atoms with E-state index in [1.165, 1.54) is 0 Å². The summed E-state index contributed by atoms with van der Waals surface area (Å²) in [4.78, 5) is 10.3. The standard InChI is InChI=1S/C6H12O5/c1-4(8)6(10)11-3-5(9)2-7/h5-7,9-10H,2-3H2,1H3/t5-,6?/m0/s1. The van der Waals surface area contributed by atoms with Crippen molar-refractivity contribution in [2.24, 2.45) is 0 Å². The minimum atomic E-state index is -1.50. The molecule has 0 radical (unpaired) electrons. The normalized spacial score (nSPS) is 16.0.